The topological polar surface area (TPSA) is 263 Å². The van der Waals surface area contributed by atoms with Crippen LogP contribution in [0.5, 0.6) is 0 Å². The van der Waals surface area contributed by atoms with E-state index < -0.39 is 92.4 Å². The number of nitro groups is 2. The first-order valence-electron chi connectivity index (χ1n) is 19.7. The minimum Gasteiger partial charge on any atom is -0.388 e. The molecule has 10 atom stereocenters. The minimum absolute atomic E-state index is 0.0160. The van der Waals surface area contributed by atoms with Crippen LogP contribution in [0.4, 0.5) is 0 Å². The van der Waals surface area contributed by atoms with Crippen molar-refractivity contribution in [2.75, 3.05) is 13.1 Å². The zero-order valence-electron chi connectivity index (χ0n) is 33.9. The van der Waals surface area contributed by atoms with Gasteiger partial charge >= 0.3 is 0 Å². The van der Waals surface area contributed by atoms with E-state index in [1.807, 2.05) is 13.8 Å². The summed E-state index contributed by atoms with van der Waals surface area (Å²) in [5.74, 6) is -1.61. The van der Waals surface area contributed by atoms with Gasteiger partial charge in [0.1, 0.15) is 60.4 Å². The Morgan fingerprint density at radius 2 is 0.933 bits per heavy atom. The molecule has 328 valence electrons. The Morgan fingerprint density at radius 1 is 0.617 bits per heavy atom. The van der Waals surface area contributed by atoms with Gasteiger partial charge in [0.2, 0.25) is 12.1 Å². The molecular weight excluding hydrogens is 829 g/mol. The summed E-state index contributed by atoms with van der Waals surface area (Å²) in [7, 11) is -8.01. The molecule has 0 radical (unpaired) electrons. The van der Waals surface area contributed by atoms with Crippen LogP contribution in [0.1, 0.15) is 64.5 Å². The molecule has 0 amide bonds. The van der Waals surface area contributed by atoms with Crippen molar-refractivity contribution >= 4 is 31.7 Å². The van der Waals surface area contributed by atoms with Crippen LogP contribution in [-0.4, -0.2) is 144 Å². The Bertz CT molecular complexity index is 2110. The van der Waals surface area contributed by atoms with Crippen molar-refractivity contribution < 1.29 is 55.8 Å². The first kappa shape index (κ1) is 43.9. The zero-order valence-corrected chi connectivity index (χ0v) is 35.6. The van der Waals surface area contributed by atoms with Crippen LogP contribution >= 0.6 is 0 Å². The van der Waals surface area contributed by atoms with Crippen molar-refractivity contribution in [2.24, 2.45) is 8.80 Å². The summed E-state index contributed by atoms with van der Waals surface area (Å²) in [6, 6.07) is 9.11. The highest BCUT2D eigenvalue weighted by molar-refractivity contribution is 7.90. The fourth-order valence-electron chi connectivity index (χ4n) is 9.02. The predicted octanol–water partition coefficient (Wildman–Crippen LogP) is 2.17. The third kappa shape index (κ3) is 8.65. The van der Waals surface area contributed by atoms with Gasteiger partial charge in [-0.05, 0) is 65.8 Å². The lowest BCUT2D eigenvalue weighted by atomic mass is 9.84. The smallest absolute Gasteiger partial charge is 0.283 e. The number of benzene rings is 2. The maximum absolute atomic E-state index is 12.8. The molecule has 6 aliphatic heterocycles. The number of rotatable bonds is 6. The van der Waals surface area contributed by atoms with E-state index in [4.69, 9.17) is 18.9 Å². The number of nitrogens with zero attached hydrogens (tertiary/aromatic N) is 6. The molecule has 2 aromatic rings. The Morgan fingerprint density at radius 3 is 1.25 bits per heavy atom. The maximum atomic E-state index is 12.8. The van der Waals surface area contributed by atoms with Crippen LogP contribution in [0.25, 0.3) is 0 Å². The first-order valence-corrected chi connectivity index (χ1v) is 22.5. The quantitative estimate of drug-likeness (QED) is 0.311. The van der Waals surface area contributed by atoms with Gasteiger partial charge < -0.3 is 39.0 Å². The molecule has 0 saturated carbocycles. The van der Waals surface area contributed by atoms with Gasteiger partial charge in [-0.2, -0.15) is 16.8 Å². The van der Waals surface area contributed by atoms with E-state index in [0.717, 1.165) is 11.1 Å². The minimum atomic E-state index is -4.00. The van der Waals surface area contributed by atoms with Crippen LogP contribution in [0, 0.1) is 34.1 Å². The second-order valence-corrected chi connectivity index (χ2v) is 20.1. The maximum Gasteiger partial charge on any atom is 0.283 e. The average molecular weight is 879 g/mol. The van der Waals surface area contributed by atoms with Gasteiger partial charge in [0.05, 0.1) is 9.79 Å². The Hall–Kier alpha value is -4.16. The molecule has 0 aliphatic carbocycles. The third-order valence-electron chi connectivity index (χ3n) is 11.7. The molecule has 22 heteroatoms. The van der Waals surface area contributed by atoms with Crippen LogP contribution in [-0.2, 0) is 39.0 Å². The lowest BCUT2D eigenvalue weighted by Crippen LogP contribution is -2.68. The van der Waals surface area contributed by atoms with Gasteiger partial charge in [0.25, 0.3) is 20.0 Å². The van der Waals surface area contributed by atoms with Crippen LogP contribution in [0.3, 0.4) is 0 Å². The predicted molar refractivity (Wildman–Crippen MR) is 212 cm³/mol. The molecule has 8 rings (SSSR count). The molecule has 60 heavy (non-hydrogen) atoms. The van der Waals surface area contributed by atoms with Crippen LogP contribution in [0.2, 0.25) is 0 Å². The lowest BCUT2D eigenvalue weighted by Gasteiger charge is -2.47. The number of piperidine rings is 4. The van der Waals surface area contributed by atoms with E-state index in [2.05, 4.69) is 8.80 Å². The standard InChI is InChI=1S/2C19H25N3O7S/c2*1-11-4-6-12(7-5-11)30(26,27)20-15-9-8-13(22(24)25)16-18-17(14(23)10-21(15)16)28-19(2,3)29-18/h2*4-7,13-14,16-18,23H,8-10H2,1-3H3/b2*20-15+/t2*13-,14+,16-,17+,18-/m00/s1. The fourth-order valence-corrected chi connectivity index (χ4v) is 11.1. The Labute approximate surface area is 347 Å². The number of aliphatic hydroxyl groups is 2. The molecule has 2 aromatic carbocycles. The summed E-state index contributed by atoms with van der Waals surface area (Å²) < 4.78 is 82.8. The molecule has 2 N–H and O–H groups in total. The largest absolute Gasteiger partial charge is 0.388 e. The fraction of sp³-hybridized carbons (Fsp3) is 0.632. The Balaban J connectivity index is 0.000000181. The number of hydrogen-bond donors (Lipinski definition) is 2. The highest BCUT2D eigenvalue weighted by atomic mass is 32.2. The SMILES string of the molecule is Cc1ccc(S(=O)(=O)/N=C2\CC[C@H]([N+](=O)[O-])[C@H]3[C@@H]4OC(C)(C)O[C@@H]4[C@H](O)CN23)cc1.Cc1ccc(S(=O)(=O)/N=C2\CC[C@H]([N+](=O)[O-])[C@H]3[C@@H]4OC(C)(C)O[C@@H]4[C@H](O)CN23)cc1. The van der Waals surface area contributed by atoms with Crippen LogP contribution in [0.15, 0.2) is 67.1 Å². The number of amidine groups is 2. The molecule has 6 heterocycles. The number of aliphatic hydroxyl groups excluding tert-OH is 2. The van der Waals surface area contributed by atoms with E-state index in [9.17, 15) is 47.3 Å². The monoisotopic (exact) mass is 878 g/mol. The van der Waals surface area contributed by atoms with E-state index in [0.29, 0.717) is 0 Å². The van der Waals surface area contributed by atoms with E-state index >= 15 is 0 Å². The lowest BCUT2D eigenvalue weighted by molar-refractivity contribution is -0.535. The summed E-state index contributed by atoms with van der Waals surface area (Å²) in [6.07, 6.45) is -4.51. The zero-order chi connectivity index (χ0) is 43.7. The summed E-state index contributed by atoms with van der Waals surface area (Å²) in [4.78, 5) is 25.9. The normalized spacial score (nSPS) is 34.5. The van der Waals surface area contributed by atoms with Crippen molar-refractivity contribution in [1.82, 2.24) is 9.80 Å². The summed E-state index contributed by atoms with van der Waals surface area (Å²) in [5.41, 5.74) is 1.83. The molecule has 0 unspecified atom stereocenters. The molecular formula is C38H50N6O14S2. The van der Waals surface area contributed by atoms with Crippen LogP contribution < -0.4 is 0 Å². The number of fused-ring (bicyclic) bond motifs is 6. The van der Waals surface area contributed by atoms with Gasteiger partial charge in [0.15, 0.2) is 11.6 Å². The summed E-state index contributed by atoms with van der Waals surface area (Å²) >= 11 is 0. The number of hydrogen-bond acceptors (Lipinski definition) is 14. The average Bonchev–Trinajstić information content (AvgIpc) is 3.67. The number of ether oxygens (including phenoxy) is 4. The number of aryl methyl sites for hydroxylation is 2. The Kier molecular flexibility index (Phi) is 11.7. The number of sulfonamides is 2. The van der Waals surface area contributed by atoms with Crippen molar-refractivity contribution in [3.05, 3.63) is 79.9 Å². The van der Waals surface area contributed by atoms with E-state index in [-0.39, 0.29) is 70.1 Å². The second kappa shape index (κ2) is 15.9. The van der Waals surface area contributed by atoms with Crippen molar-refractivity contribution in [1.29, 1.82) is 0 Å². The van der Waals surface area contributed by atoms with Crippen molar-refractivity contribution in [3.8, 4) is 0 Å². The molecule has 20 nitrogen and oxygen atoms in total. The van der Waals surface area contributed by atoms with Gasteiger partial charge in [-0.25, -0.2) is 0 Å². The molecule has 0 bridgehead atoms. The summed E-state index contributed by atoms with van der Waals surface area (Å²) in [6.45, 7) is 10.4. The molecule has 0 aromatic heterocycles. The van der Waals surface area contributed by atoms with E-state index in [1.165, 1.54) is 34.1 Å². The summed E-state index contributed by atoms with van der Waals surface area (Å²) in [5, 5.41) is 44.7. The third-order valence-corrected chi connectivity index (χ3v) is 14.3. The molecule has 6 aliphatic rings. The van der Waals surface area contributed by atoms with Crippen molar-refractivity contribution in [3.63, 3.8) is 0 Å². The first-order chi connectivity index (χ1) is 28.0. The van der Waals surface area contributed by atoms with Gasteiger partial charge in [-0.3, -0.25) is 20.2 Å². The second-order valence-electron chi connectivity index (χ2n) is 16.9. The van der Waals surface area contributed by atoms with Crippen molar-refractivity contribution in [2.45, 2.75) is 149 Å². The van der Waals surface area contributed by atoms with Gasteiger partial charge in [-0.1, -0.05) is 35.4 Å². The molecule has 6 saturated heterocycles. The van der Waals surface area contributed by atoms with Gasteiger partial charge in [-0.15, -0.1) is 8.80 Å². The molecule has 6 fully saturated rings. The highest BCUT2D eigenvalue weighted by Gasteiger charge is 2.61. The van der Waals surface area contributed by atoms with E-state index in [1.54, 1.807) is 52.0 Å². The van der Waals surface area contributed by atoms with Gasteiger partial charge in [0, 0.05) is 48.6 Å². The molecule has 0 spiro atoms. The highest BCUT2D eigenvalue weighted by Crippen LogP contribution is 2.42.